The summed E-state index contributed by atoms with van der Waals surface area (Å²) in [4.78, 5) is 39.0. The topological polar surface area (TPSA) is 75.7 Å². The summed E-state index contributed by atoms with van der Waals surface area (Å²) in [5, 5.41) is 2.76. The van der Waals surface area contributed by atoms with E-state index >= 15 is 0 Å². The highest BCUT2D eigenvalue weighted by Gasteiger charge is 2.24. The van der Waals surface area contributed by atoms with Gasteiger partial charge < -0.3 is 15.0 Å². The largest absolute Gasteiger partial charge is 0.452 e. The lowest BCUT2D eigenvalue weighted by Crippen LogP contribution is -2.44. The van der Waals surface area contributed by atoms with Gasteiger partial charge in [-0.1, -0.05) is 42.5 Å². The minimum atomic E-state index is -0.626. The highest BCUT2D eigenvalue weighted by atomic mass is 16.5. The molecule has 0 bridgehead atoms. The molecule has 2 aromatic rings. The fourth-order valence-corrected chi connectivity index (χ4v) is 3.50. The van der Waals surface area contributed by atoms with Gasteiger partial charge in [0.05, 0.1) is 17.7 Å². The third-order valence-electron chi connectivity index (χ3n) is 5.08. The predicted octanol–water partition coefficient (Wildman–Crippen LogP) is 3.43. The normalized spacial score (nSPS) is 16.2. The first-order valence-electron chi connectivity index (χ1n) is 9.94. The summed E-state index contributed by atoms with van der Waals surface area (Å²) in [5.74, 6) is -1.04. The van der Waals surface area contributed by atoms with Gasteiger partial charge in [0, 0.05) is 12.6 Å². The standard InChI is InChI=1S/C23H26N2O4/c1-17-9-7-8-14-25(17)22(27)16-29-23(28)19-12-5-6-13-20(19)24-21(26)15-18-10-3-2-4-11-18/h2-6,10-13,17H,7-9,14-16H2,1H3,(H,24,26)/t17-/m1/s1. The van der Waals surface area contributed by atoms with Crippen molar-refractivity contribution in [3.05, 3.63) is 65.7 Å². The Bertz CT molecular complexity index is 866. The number of amides is 2. The van der Waals surface area contributed by atoms with E-state index in [2.05, 4.69) is 5.32 Å². The molecular weight excluding hydrogens is 368 g/mol. The van der Waals surface area contributed by atoms with E-state index in [-0.39, 0.29) is 36.4 Å². The van der Waals surface area contributed by atoms with Crippen LogP contribution < -0.4 is 5.32 Å². The number of anilines is 1. The Balaban J connectivity index is 1.59. The molecule has 0 radical (unpaired) electrons. The van der Waals surface area contributed by atoms with Crippen molar-refractivity contribution in [1.29, 1.82) is 0 Å². The molecule has 0 aromatic heterocycles. The molecule has 0 saturated carbocycles. The zero-order valence-electron chi connectivity index (χ0n) is 16.6. The van der Waals surface area contributed by atoms with Crippen LogP contribution in [0.5, 0.6) is 0 Å². The fourth-order valence-electron chi connectivity index (χ4n) is 3.50. The van der Waals surface area contributed by atoms with Gasteiger partial charge in [-0.2, -0.15) is 0 Å². The highest BCUT2D eigenvalue weighted by molar-refractivity contribution is 6.02. The molecule has 1 fully saturated rings. The number of carbonyl (C=O) groups excluding carboxylic acids is 3. The Hall–Kier alpha value is -3.15. The lowest BCUT2D eigenvalue weighted by Gasteiger charge is -2.33. The van der Waals surface area contributed by atoms with Crippen LogP contribution in [0.4, 0.5) is 5.69 Å². The Kier molecular flexibility index (Phi) is 7.00. The maximum Gasteiger partial charge on any atom is 0.340 e. The summed E-state index contributed by atoms with van der Waals surface area (Å²) < 4.78 is 5.25. The number of hydrogen-bond acceptors (Lipinski definition) is 4. The van der Waals surface area contributed by atoms with Gasteiger partial charge >= 0.3 is 5.97 Å². The van der Waals surface area contributed by atoms with Crippen molar-refractivity contribution in [3.8, 4) is 0 Å². The van der Waals surface area contributed by atoms with Crippen LogP contribution in [0.1, 0.15) is 42.1 Å². The van der Waals surface area contributed by atoms with Crippen LogP contribution >= 0.6 is 0 Å². The van der Waals surface area contributed by atoms with Gasteiger partial charge in [0.15, 0.2) is 6.61 Å². The minimum Gasteiger partial charge on any atom is -0.452 e. The first-order valence-corrected chi connectivity index (χ1v) is 9.94. The molecule has 152 valence electrons. The lowest BCUT2D eigenvalue weighted by atomic mass is 10.0. The molecule has 1 aliphatic heterocycles. The second-order valence-electron chi connectivity index (χ2n) is 7.26. The molecule has 2 aromatic carbocycles. The number of rotatable bonds is 6. The van der Waals surface area contributed by atoms with Crippen molar-refractivity contribution in [2.75, 3.05) is 18.5 Å². The van der Waals surface area contributed by atoms with Gasteiger partial charge in [0.25, 0.3) is 5.91 Å². The summed E-state index contributed by atoms with van der Waals surface area (Å²) in [7, 11) is 0. The molecular formula is C23H26N2O4. The molecule has 1 saturated heterocycles. The summed E-state index contributed by atoms with van der Waals surface area (Å²) >= 11 is 0. The van der Waals surface area contributed by atoms with Crippen molar-refractivity contribution in [2.45, 2.75) is 38.6 Å². The maximum atomic E-state index is 12.5. The quantitative estimate of drug-likeness (QED) is 0.762. The first kappa shape index (κ1) is 20.6. The monoisotopic (exact) mass is 394 g/mol. The van der Waals surface area contributed by atoms with Crippen LogP contribution in [0.3, 0.4) is 0 Å². The van der Waals surface area contributed by atoms with Crippen molar-refractivity contribution < 1.29 is 19.1 Å². The number of para-hydroxylation sites is 1. The number of nitrogens with one attached hydrogen (secondary N) is 1. The van der Waals surface area contributed by atoms with Crippen molar-refractivity contribution in [3.63, 3.8) is 0 Å². The van der Waals surface area contributed by atoms with E-state index in [0.717, 1.165) is 24.8 Å². The molecule has 1 aliphatic rings. The number of nitrogens with zero attached hydrogens (tertiary/aromatic N) is 1. The van der Waals surface area contributed by atoms with Gasteiger partial charge in [-0.15, -0.1) is 0 Å². The SMILES string of the molecule is C[C@@H]1CCCCN1C(=O)COC(=O)c1ccccc1NC(=O)Cc1ccccc1. The van der Waals surface area contributed by atoms with Crippen LogP contribution in [0.15, 0.2) is 54.6 Å². The fraction of sp³-hybridized carbons (Fsp3) is 0.348. The summed E-state index contributed by atoms with van der Waals surface area (Å²) in [6.07, 6.45) is 3.26. The number of hydrogen-bond donors (Lipinski definition) is 1. The first-order chi connectivity index (χ1) is 14.0. The third-order valence-corrected chi connectivity index (χ3v) is 5.08. The number of esters is 1. The average molecular weight is 394 g/mol. The zero-order chi connectivity index (χ0) is 20.6. The Morgan fingerprint density at radius 1 is 1.03 bits per heavy atom. The smallest absolute Gasteiger partial charge is 0.340 e. The van der Waals surface area contributed by atoms with Crippen LogP contribution in [-0.4, -0.2) is 41.9 Å². The van der Waals surface area contributed by atoms with Crippen LogP contribution in [-0.2, 0) is 20.7 Å². The van der Waals surface area contributed by atoms with Crippen molar-refractivity contribution in [1.82, 2.24) is 4.90 Å². The summed E-state index contributed by atoms with van der Waals surface area (Å²) in [6.45, 7) is 2.41. The predicted molar refractivity (Wildman–Crippen MR) is 111 cm³/mol. The van der Waals surface area contributed by atoms with Crippen molar-refractivity contribution >= 4 is 23.5 Å². The summed E-state index contributed by atoms with van der Waals surface area (Å²) in [6, 6.07) is 16.2. The number of benzene rings is 2. The highest BCUT2D eigenvalue weighted by Crippen LogP contribution is 2.19. The molecule has 0 unspecified atom stereocenters. The Morgan fingerprint density at radius 3 is 2.52 bits per heavy atom. The average Bonchev–Trinajstić information content (AvgIpc) is 2.73. The van der Waals surface area contributed by atoms with Gasteiger partial charge in [-0.25, -0.2) is 4.79 Å². The third kappa shape index (κ3) is 5.67. The molecule has 2 amide bonds. The molecule has 29 heavy (non-hydrogen) atoms. The van der Waals surface area contributed by atoms with Gasteiger partial charge in [-0.3, -0.25) is 9.59 Å². The van der Waals surface area contributed by atoms with E-state index in [9.17, 15) is 14.4 Å². The lowest BCUT2D eigenvalue weighted by molar-refractivity contribution is -0.137. The molecule has 0 aliphatic carbocycles. The van der Waals surface area contributed by atoms with Crippen LogP contribution in [0.2, 0.25) is 0 Å². The zero-order valence-corrected chi connectivity index (χ0v) is 16.6. The van der Waals surface area contributed by atoms with E-state index < -0.39 is 5.97 Å². The second kappa shape index (κ2) is 9.87. The Labute approximate surface area is 170 Å². The molecule has 1 N–H and O–H groups in total. The van der Waals surface area contributed by atoms with Gasteiger partial charge in [-0.05, 0) is 43.9 Å². The Morgan fingerprint density at radius 2 is 1.76 bits per heavy atom. The second-order valence-corrected chi connectivity index (χ2v) is 7.26. The van der Waals surface area contributed by atoms with E-state index in [1.807, 2.05) is 37.3 Å². The number of carbonyl (C=O) groups is 3. The van der Waals surface area contributed by atoms with Crippen LogP contribution in [0.25, 0.3) is 0 Å². The molecule has 3 rings (SSSR count). The van der Waals surface area contributed by atoms with Crippen molar-refractivity contribution in [2.24, 2.45) is 0 Å². The molecule has 1 atom stereocenters. The van der Waals surface area contributed by atoms with E-state index in [1.54, 1.807) is 29.2 Å². The molecule has 1 heterocycles. The molecule has 0 spiro atoms. The molecule has 6 heteroatoms. The number of piperidine rings is 1. The van der Waals surface area contributed by atoms with Gasteiger partial charge in [0.2, 0.25) is 5.91 Å². The number of ether oxygens (including phenoxy) is 1. The van der Waals surface area contributed by atoms with Crippen LogP contribution in [0, 0.1) is 0 Å². The van der Waals surface area contributed by atoms with E-state index in [4.69, 9.17) is 4.74 Å². The number of likely N-dealkylation sites (tertiary alicyclic amines) is 1. The molecule has 6 nitrogen and oxygen atoms in total. The van der Waals surface area contributed by atoms with Gasteiger partial charge in [0.1, 0.15) is 0 Å². The maximum absolute atomic E-state index is 12.5. The van der Waals surface area contributed by atoms with E-state index in [1.165, 1.54) is 0 Å². The minimum absolute atomic E-state index is 0.166. The van der Waals surface area contributed by atoms with E-state index in [0.29, 0.717) is 12.2 Å². The summed E-state index contributed by atoms with van der Waals surface area (Å²) in [5.41, 5.74) is 1.48.